The Balaban J connectivity index is 2.01. The van der Waals surface area contributed by atoms with Gasteiger partial charge in [-0.25, -0.2) is 4.98 Å². The van der Waals surface area contributed by atoms with Crippen LogP contribution in [0, 0.1) is 6.92 Å². The highest BCUT2D eigenvalue weighted by Crippen LogP contribution is 2.16. The van der Waals surface area contributed by atoms with Gasteiger partial charge in [0.15, 0.2) is 0 Å². The van der Waals surface area contributed by atoms with Gasteiger partial charge in [-0.15, -0.1) is 0 Å². The van der Waals surface area contributed by atoms with Gasteiger partial charge in [-0.1, -0.05) is 6.07 Å². The van der Waals surface area contributed by atoms with E-state index < -0.39 is 0 Å². The molecular weight excluding hydrogens is 238 g/mol. The van der Waals surface area contributed by atoms with Crippen molar-refractivity contribution >= 4 is 11.0 Å². The summed E-state index contributed by atoms with van der Waals surface area (Å²) in [5.74, 6) is 1.05. The Morgan fingerprint density at radius 2 is 2.11 bits per heavy atom. The summed E-state index contributed by atoms with van der Waals surface area (Å²) >= 11 is 0. The molecule has 1 N–H and O–H groups in total. The van der Waals surface area contributed by atoms with Crippen molar-refractivity contribution in [2.75, 3.05) is 26.7 Å². The minimum Gasteiger partial charge on any atom is -0.396 e. The second kappa shape index (κ2) is 6.17. The molecule has 0 saturated carbocycles. The number of aromatic nitrogens is 2. The largest absolute Gasteiger partial charge is 0.396 e. The first-order chi connectivity index (χ1) is 9.11. The van der Waals surface area contributed by atoms with Gasteiger partial charge in [0, 0.05) is 26.7 Å². The molecule has 0 amide bonds. The fourth-order valence-electron chi connectivity index (χ4n) is 2.29. The summed E-state index contributed by atoms with van der Waals surface area (Å²) in [6.45, 7) is 4.25. The molecule has 2 aromatic rings. The molecule has 1 heterocycles. The zero-order valence-corrected chi connectivity index (χ0v) is 12.1. The number of rotatable bonds is 6. The number of aryl methyl sites for hydroxylation is 2. The van der Waals surface area contributed by atoms with E-state index in [-0.39, 0.29) is 6.61 Å². The maximum Gasteiger partial charge on any atom is 0.106 e. The highest BCUT2D eigenvalue weighted by Gasteiger charge is 2.05. The summed E-state index contributed by atoms with van der Waals surface area (Å²) in [5.41, 5.74) is 3.59. The number of fused-ring (bicyclic) bond motifs is 1. The average molecular weight is 261 g/mol. The monoisotopic (exact) mass is 261 g/mol. The van der Waals surface area contributed by atoms with Crippen LogP contribution in [-0.4, -0.2) is 46.3 Å². The second-order valence-corrected chi connectivity index (χ2v) is 5.17. The number of likely N-dealkylation sites (N-methyl/N-ethyl adjacent to an activating group) is 1. The fraction of sp³-hybridized carbons (Fsp3) is 0.533. The van der Waals surface area contributed by atoms with Crippen molar-refractivity contribution in [3.63, 3.8) is 0 Å². The third-order valence-corrected chi connectivity index (χ3v) is 3.65. The van der Waals surface area contributed by atoms with E-state index in [1.165, 1.54) is 11.1 Å². The Kier molecular flexibility index (Phi) is 4.56. The van der Waals surface area contributed by atoms with Gasteiger partial charge in [-0.05, 0) is 44.5 Å². The molecule has 0 aliphatic carbocycles. The summed E-state index contributed by atoms with van der Waals surface area (Å²) in [6, 6.07) is 6.52. The number of aliphatic hydroxyl groups excluding tert-OH is 1. The van der Waals surface area contributed by atoms with Crippen molar-refractivity contribution in [1.82, 2.24) is 14.5 Å². The molecule has 104 valence electrons. The predicted molar refractivity (Wildman–Crippen MR) is 78.4 cm³/mol. The highest BCUT2D eigenvalue weighted by molar-refractivity contribution is 5.76. The molecule has 0 radical (unpaired) electrons. The standard InChI is InChI=1S/C15H23N3O/c1-12-16-14-11-13(5-6-15(14)18(12)3)7-9-17(2)8-4-10-19/h5-6,11,19H,4,7-10H2,1-3H3. The molecule has 1 aromatic carbocycles. The lowest BCUT2D eigenvalue weighted by molar-refractivity contribution is 0.248. The van der Waals surface area contributed by atoms with Gasteiger partial charge >= 0.3 is 0 Å². The number of hydrogen-bond donors (Lipinski definition) is 1. The van der Waals surface area contributed by atoms with Crippen LogP contribution in [0.2, 0.25) is 0 Å². The first kappa shape index (κ1) is 14.0. The van der Waals surface area contributed by atoms with E-state index >= 15 is 0 Å². The van der Waals surface area contributed by atoms with Crippen molar-refractivity contribution in [3.05, 3.63) is 29.6 Å². The van der Waals surface area contributed by atoms with Gasteiger partial charge in [-0.2, -0.15) is 0 Å². The Hall–Kier alpha value is -1.39. The zero-order chi connectivity index (χ0) is 13.8. The molecule has 19 heavy (non-hydrogen) atoms. The van der Waals surface area contributed by atoms with Crippen molar-refractivity contribution < 1.29 is 5.11 Å². The van der Waals surface area contributed by atoms with E-state index in [0.29, 0.717) is 0 Å². The molecule has 0 spiro atoms. The van der Waals surface area contributed by atoms with Gasteiger partial charge < -0.3 is 14.6 Å². The van der Waals surface area contributed by atoms with Crippen LogP contribution in [0.3, 0.4) is 0 Å². The first-order valence-corrected chi connectivity index (χ1v) is 6.83. The highest BCUT2D eigenvalue weighted by atomic mass is 16.3. The number of hydrogen-bond acceptors (Lipinski definition) is 3. The lowest BCUT2D eigenvalue weighted by Crippen LogP contribution is -2.23. The maximum atomic E-state index is 8.81. The van der Waals surface area contributed by atoms with E-state index in [1.54, 1.807) is 0 Å². The van der Waals surface area contributed by atoms with Crippen LogP contribution in [0.25, 0.3) is 11.0 Å². The molecular formula is C15H23N3O. The second-order valence-electron chi connectivity index (χ2n) is 5.17. The third kappa shape index (κ3) is 3.33. The quantitative estimate of drug-likeness (QED) is 0.861. The van der Waals surface area contributed by atoms with Crippen molar-refractivity contribution in [1.29, 1.82) is 0 Å². The number of benzene rings is 1. The van der Waals surface area contributed by atoms with Gasteiger partial charge in [0.1, 0.15) is 5.82 Å². The third-order valence-electron chi connectivity index (χ3n) is 3.65. The lowest BCUT2D eigenvalue weighted by Gasteiger charge is -2.15. The van der Waals surface area contributed by atoms with Gasteiger partial charge in [0.2, 0.25) is 0 Å². The predicted octanol–water partition coefficient (Wildman–Crippen LogP) is 1.74. The van der Waals surface area contributed by atoms with Crippen LogP contribution in [0.5, 0.6) is 0 Å². The number of aliphatic hydroxyl groups is 1. The van der Waals surface area contributed by atoms with Crippen molar-refractivity contribution in [3.8, 4) is 0 Å². The summed E-state index contributed by atoms with van der Waals surface area (Å²) in [6.07, 6.45) is 1.86. The van der Waals surface area contributed by atoms with Crippen molar-refractivity contribution in [2.24, 2.45) is 7.05 Å². The van der Waals surface area contributed by atoms with E-state index in [4.69, 9.17) is 5.11 Å². The van der Waals surface area contributed by atoms with Crippen LogP contribution < -0.4 is 0 Å². The fourth-order valence-corrected chi connectivity index (χ4v) is 2.29. The Labute approximate surface area is 114 Å². The van der Waals surface area contributed by atoms with E-state index in [2.05, 4.69) is 39.7 Å². The summed E-state index contributed by atoms with van der Waals surface area (Å²) in [4.78, 5) is 6.82. The van der Waals surface area contributed by atoms with Crippen LogP contribution in [0.4, 0.5) is 0 Å². The number of imidazole rings is 1. The van der Waals surface area contributed by atoms with Crippen molar-refractivity contribution in [2.45, 2.75) is 19.8 Å². The first-order valence-electron chi connectivity index (χ1n) is 6.83. The van der Waals surface area contributed by atoms with Gasteiger partial charge in [-0.3, -0.25) is 0 Å². The molecule has 0 aliphatic heterocycles. The topological polar surface area (TPSA) is 41.3 Å². The Morgan fingerprint density at radius 1 is 1.32 bits per heavy atom. The summed E-state index contributed by atoms with van der Waals surface area (Å²) in [5, 5.41) is 8.81. The van der Waals surface area contributed by atoms with Crippen LogP contribution >= 0.6 is 0 Å². The van der Waals surface area contributed by atoms with E-state index in [9.17, 15) is 0 Å². The smallest absolute Gasteiger partial charge is 0.106 e. The SMILES string of the molecule is Cc1nc2cc(CCN(C)CCCO)ccc2n1C. The van der Waals surface area contributed by atoms with Gasteiger partial charge in [0.05, 0.1) is 11.0 Å². The molecule has 4 nitrogen and oxygen atoms in total. The summed E-state index contributed by atoms with van der Waals surface area (Å²) in [7, 11) is 4.14. The Morgan fingerprint density at radius 3 is 2.84 bits per heavy atom. The van der Waals surface area contributed by atoms with E-state index in [1.807, 2.05) is 14.0 Å². The molecule has 0 unspecified atom stereocenters. The molecule has 0 atom stereocenters. The normalized spacial score (nSPS) is 11.6. The van der Waals surface area contributed by atoms with E-state index in [0.717, 1.165) is 37.3 Å². The summed E-state index contributed by atoms with van der Waals surface area (Å²) < 4.78 is 2.12. The van der Waals surface area contributed by atoms with Crippen LogP contribution in [0.15, 0.2) is 18.2 Å². The molecule has 2 rings (SSSR count). The van der Waals surface area contributed by atoms with Gasteiger partial charge in [0.25, 0.3) is 0 Å². The minimum absolute atomic E-state index is 0.267. The minimum atomic E-state index is 0.267. The molecule has 0 saturated heterocycles. The molecule has 0 fully saturated rings. The molecule has 1 aromatic heterocycles. The molecule has 0 bridgehead atoms. The average Bonchev–Trinajstić information content (AvgIpc) is 2.69. The number of nitrogens with zero attached hydrogens (tertiary/aromatic N) is 3. The van der Waals surface area contributed by atoms with Crippen LogP contribution in [-0.2, 0) is 13.5 Å². The molecule has 0 aliphatic rings. The Bertz CT molecular complexity index is 548. The maximum absolute atomic E-state index is 8.81. The zero-order valence-electron chi connectivity index (χ0n) is 12.1. The molecule has 4 heteroatoms. The van der Waals surface area contributed by atoms with Crippen LogP contribution in [0.1, 0.15) is 17.8 Å². The lowest BCUT2D eigenvalue weighted by atomic mass is 10.1.